The van der Waals surface area contributed by atoms with Crippen LogP contribution in [0, 0.1) is 0 Å². The van der Waals surface area contributed by atoms with Crippen LogP contribution in [0.25, 0.3) is 11.3 Å². The Kier molecular flexibility index (Phi) is 6.88. The lowest BCUT2D eigenvalue weighted by atomic mass is 10.0. The largest absolute Gasteiger partial charge is 0.396 e. The molecule has 0 radical (unpaired) electrons. The van der Waals surface area contributed by atoms with Gasteiger partial charge in [0.2, 0.25) is 11.8 Å². The van der Waals surface area contributed by atoms with E-state index in [0.717, 1.165) is 27.9 Å². The van der Waals surface area contributed by atoms with E-state index in [0.29, 0.717) is 31.5 Å². The first-order chi connectivity index (χ1) is 17.5. The third-order valence-electron chi connectivity index (χ3n) is 6.82. The number of aliphatic hydroxyl groups excluding tert-OH is 1. The van der Waals surface area contributed by atoms with Gasteiger partial charge in [-0.25, -0.2) is 0 Å². The third kappa shape index (κ3) is 4.91. The molecule has 5 rings (SSSR count). The van der Waals surface area contributed by atoms with Crippen molar-refractivity contribution in [3.63, 3.8) is 0 Å². The lowest BCUT2D eigenvalue weighted by molar-refractivity contribution is -0.136. The summed E-state index contributed by atoms with van der Waals surface area (Å²) in [6.07, 6.45) is 2.96. The number of aromatic nitrogens is 1. The molecule has 8 heteroatoms. The molecule has 1 fully saturated rings. The molecule has 0 saturated carbocycles. The summed E-state index contributed by atoms with van der Waals surface area (Å²) in [5.74, 6) is -0.896. The average Bonchev–Trinajstić information content (AvgIpc) is 3.22. The Bertz CT molecular complexity index is 1290. The zero-order valence-corrected chi connectivity index (χ0v) is 19.8. The van der Waals surface area contributed by atoms with Crippen molar-refractivity contribution in [3.05, 3.63) is 89.1 Å². The number of amides is 3. The van der Waals surface area contributed by atoms with Crippen LogP contribution in [0.2, 0.25) is 0 Å². The van der Waals surface area contributed by atoms with Crippen molar-refractivity contribution in [2.24, 2.45) is 0 Å². The fourth-order valence-electron chi connectivity index (χ4n) is 4.92. The fourth-order valence-corrected chi connectivity index (χ4v) is 4.92. The Balaban J connectivity index is 1.31. The van der Waals surface area contributed by atoms with Crippen LogP contribution in [0.4, 0.5) is 0 Å². The number of nitrogens with zero attached hydrogens (tertiary/aromatic N) is 2. The van der Waals surface area contributed by atoms with E-state index in [1.165, 1.54) is 0 Å². The zero-order valence-electron chi connectivity index (χ0n) is 19.8. The van der Waals surface area contributed by atoms with E-state index in [2.05, 4.69) is 27.8 Å². The Morgan fingerprint density at radius 1 is 1.08 bits per heavy atom. The number of aliphatic hydroxyl groups is 1. The number of imide groups is 1. The topological polar surface area (TPSA) is 112 Å². The molecule has 0 spiro atoms. The highest BCUT2D eigenvalue weighted by Gasteiger charge is 2.39. The average molecular weight is 485 g/mol. The van der Waals surface area contributed by atoms with Crippen LogP contribution in [0.15, 0.2) is 66.9 Å². The van der Waals surface area contributed by atoms with Gasteiger partial charge in [0.05, 0.1) is 5.69 Å². The quantitative estimate of drug-likeness (QED) is 0.424. The minimum atomic E-state index is -0.630. The summed E-state index contributed by atoms with van der Waals surface area (Å²) in [5, 5.41) is 15.4. The first-order valence-corrected chi connectivity index (χ1v) is 12.2. The number of benzene rings is 2. The second kappa shape index (κ2) is 10.4. The van der Waals surface area contributed by atoms with Crippen LogP contribution in [0.1, 0.15) is 52.4 Å². The normalized spacial score (nSPS) is 18.2. The number of fused-ring (bicyclic) bond motifs is 1. The third-order valence-corrected chi connectivity index (χ3v) is 6.82. The molecule has 1 saturated heterocycles. The van der Waals surface area contributed by atoms with Crippen molar-refractivity contribution in [2.75, 3.05) is 6.61 Å². The number of carbonyl (C=O) groups excluding carboxylic acids is 3. The zero-order chi connectivity index (χ0) is 25.1. The number of pyridine rings is 1. The van der Waals surface area contributed by atoms with Crippen LogP contribution < -0.4 is 10.6 Å². The van der Waals surface area contributed by atoms with Crippen LogP contribution in [0.5, 0.6) is 0 Å². The standard InChI is InChI=1S/C28H28N4O4/c33-13-11-23(19-4-2-1-3-5-19)30-16-18-10-12-29-24(14-18)20-6-7-22-21(15-20)17-32(28(22)36)25-8-9-26(34)31-27(25)35/h1-7,10,12,14-15,23,25,30,33H,8-9,11,13,16-17H2,(H,31,34,35)/t23-,25?/m1/s1. The second-order valence-electron chi connectivity index (χ2n) is 9.18. The molecule has 0 bridgehead atoms. The first kappa shape index (κ1) is 23.8. The van der Waals surface area contributed by atoms with Gasteiger partial charge in [0.25, 0.3) is 5.91 Å². The Morgan fingerprint density at radius 2 is 1.92 bits per heavy atom. The molecule has 8 nitrogen and oxygen atoms in total. The maximum Gasteiger partial charge on any atom is 0.255 e. The van der Waals surface area contributed by atoms with Crippen molar-refractivity contribution in [3.8, 4) is 11.3 Å². The highest BCUT2D eigenvalue weighted by molar-refractivity contribution is 6.05. The minimum Gasteiger partial charge on any atom is -0.396 e. The molecule has 2 aliphatic heterocycles. The van der Waals surface area contributed by atoms with Crippen LogP contribution in [-0.2, 0) is 22.7 Å². The SMILES string of the molecule is O=C1CCC(N2Cc3cc(-c4cc(CN[C@H](CCO)c5ccccc5)ccn4)ccc3C2=O)C(=O)N1. The van der Waals surface area contributed by atoms with Gasteiger partial charge < -0.3 is 15.3 Å². The molecule has 3 N–H and O–H groups in total. The van der Waals surface area contributed by atoms with Gasteiger partial charge in [-0.05, 0) is 53.8 Å². The van der Waals surface area contributed by atoms with E-state index in [4.69, 9.17) is 0 Å². The van der Waals surface area contributed by atoms with Gasteiger partial charge in [-0.15, -0.1) is 0 Å². The highest BCUT2D eigenvalue weighted by Crippen LogP contribution is 2.31. The van der Waals surface area contributed by atoms with E-state index in [1.807, 2.05) is 42.5 Å². The number of rotatable bonds is 8. The lowest BCUT2D eigenvalue weighted by Crippen LogP contribution is -2.52. The highest BCUT2D eigenvalue weighted by atomic mass is 16.3. The van der Waals surface area contributed by atoms with Gasteiger partial charge in [-0.1, -0.05) is 36.4 Å². The predicted molar refractivity (Wildman–Crippen MR) is 133 cm³/mol. The van der Waals surface area contributed by atoms with E-state index in [1.54, 1.807) is 17.2 Å². The van der Waals surface area contributed by atoms with Crippen molar-refractivity contribution < 1.29 is 19.5 Å². The molecular weight excluding hydrogens is 456 g/mol. The van der Waals surface area contributed by atoms with Crippen LogP contribution in [0.3, 0.4) is 0 Å². The lowest BCUT2D eigenvalue weighted by Gasteiger charge is -2.29. The van der Waals surface area contributed by atoms with Gasteiger partial charge in [-0.3, -0.25) is 24.7 Å². The number of nitrogens with one attached hydrogen (secondary N) is 2. The predicted octanol–water partition coefficient (Wildman–Crippen LogP) is 2.72. The minimum absolute atomic E-state index is 0.0390. The molecule has 2 aromatic carbocycles. The summed E-state index contributed by atoms with van der Waals surface area (Å²) >= 11 is 0. The van der Waals surface area contributed by atoms with Gasteiger partial charge >= 0.3 is 0 Å². The van der Waals surface area contributed by atoms with Crippen molar-refractivity contribution in [2.45, 2.75) is 44.4 Å². The van der Waals surface area contributed by atoms with E-state index in [9.17, 15) is 19.5 Å². The van der Waals surface area contributed by atoms with E-state index >= 15 is 0 Å². The fraction of sp³-hybridized carbons (Fsp3) is 0.286. The molecular formula is C28H28N4O4. The molecule has 3 heterocycles. The molecule has 2 atom stereocenters. The maximum absolute atomic E-state index is 13.0. The molecule has 3 amide bonds. The summed E-state index contributed by atoms with van der Waals surface area (Å²) < 4.78 is 0. The molecule has 2 aliphatic rings. The molecule has 0 aliphatic carbocycles. The van der Waals surface area contributed by atoms with Crippen molar-refractivity contribution >= 4 is 17.7 Å². The van der Waals surface area contributed by atoms with E-state index < -0.39 is 11.9 Å². The van der Waals surface area contributed by atoms with Crippen molar-refractivity contribution in [1.29, 1.82) is 0 Å². The van der Waals surface area contributed by atoms with Gasteiger partial charge in [-0.2, -0.15) is 0 Å². The first-order valence-electron chi connectivity index (χ1n) is 12.2. The molecule has 36 heavy (non-hydrogen) atoms. The maximum atomic E-state index is 13.0. The number of hydrogen-bond acceptors (Lipinski definition) is 6. The summed E-state index contributed by atoms with van der Waals surface area (Å²) in [4.78, 5) is 42.8. The monoisotopic (exact) mass is 484 g/mol. The van der Waals surface area contributed by atoms with Gasteiger partial charge in [0, 0.05) is 49.5 Å². The molecule has 3 aromatic rings. The van der Waals surface area contributed by atoms with Crippen molar-refractivity contribution in [1.82, 2.24) is 20.5 Å². The number of piperidine rings is 1. The van der Waals surface area contributed by atoms with Crippen LogP contribution in [-0.4, -0.2) is 45.4 Å². The molecule has 1 aromatic heterocycles. The Labute approximate surface area is 209 Å². The summed E-state index contributed by atoms with van der Waals surface area (Å²) in [6, 6.07) is 19.1. The summed E-state index contributed by atoms with van der Waals surface area (Å²) in [7, 11) is 0. The smallest absolute Gasteiger partial charge is 0.255 e. The Hall–Kier alpha value is -3.88. The molecule has 184 valence electrons. The van der Waals surface area contributed by atoms with E-state index in [-0.39, 0.29) is 30.9 Å². The summed E-state index contributed by atoms with van der Waals surface area (Å²) in [5.41, 5.74) is 5.30. The molecule has 1 unspecified atom stereocenters. The number of carbonyl (C=O) groups is 3. The second-order valence-corrected chi connectivity index (χ2v) is 9.18. The van der Waals surface area contributed by atoms with Gasteiger partial charge in [0.15, 0.2) is 0 Å². The van der Waals surface area contributed by atoms with Gasteiger partial charge in [0.1, 0.15) is 6.04 Å². The number of hydrogen-bond donors (Lipinski definition) is 3. The summed E-state index contributed by atoms with van der Waals surface area (Å²) in [6.45, 7) is 1.04. The van der Waals surface area contributed by atoms with Crippen LogP contribution >= 0.6 is 0 Å². The Morgan fingerprint density at radius 3 is 2.69 bits per heavy atom.